The lowest BCUT2D eigenvalue weighted by atomic mass is 10.0. The Morgan fingerprint density at radius 3 is 2.41 bits per heavy atom. The van der Waals surface area contributed by atoms with Crippen LogP contribution in [0.2, 0.25) is 0 Å². The van der Waals surface area contributed by atoms with Crippen molar-refractivity contribution in [3.8, 4) is 5.75 Å². The quantitative estimate of drug-likeness (QED) is 0.456. The maximum absolute atomic E-state index is 12.9. The molecule has 34 heavy (non-hydrogen) atoms. The minimum absolute atomic E-state index is 0.113. The lowest BCUT2D eigenvalue weighted by Crippen LogP contribution is -2.37. The zero-order chi connectivity index (χ0) is 24.9. The predicted octanol–water partition coefficient (Wildman–Crippen LogP) is 5.03. The van der Waals surface area contributed by atoms with Crippen molar-refractivity contribution in [2.24, 2.45) is 11.8 Å². The number of ether oxygens (including phenoxy) is 1. The molecule has 1 amide bonds. The fourth-order valence-electron chi connectivity index (χ4n) is 3.44. The summed E-state index contributed by atoms with van der Waals surface area (Å²) in [4.78, 5) is 12.8. The van der Waals surface area contributed by atoms with Gasteiger partial charge in [0.1, 0.15) is 5.75 Å². The first-order chi connectivity index (χ1) is 16.1. The van der Waals surface area contributed by atoms with E-state index in [0.29, 0.717) is 53.0 Å². The Bertz CT molecular complexity index is 1130. The van der Waals surface area contributed by atoms with Crippen LogP contribution >= 0.6 is 28.1 Å². The van der Waals surface area contributed by atoms with E-state index < -0.39 is 10.0 Å². The van der Waals surface area contributed by atoms with Crippen LogP contribution in [0.1, 0.15) is 44.0 Å². The van der Waals surface area contributed by atoms with E-state index in [-0.39, 0.29) is 15.9 Å². The Balaban J connectivity index is 1.57. The summed E-state index contributed by atoms with van der Waals surface area (Å²) in [6.45, 7) is 7.93. The van der Waals surface area contributed by atoms with E-state index in [1.807, 2.05) is 0 Å². The molecule has 1 fully saturated rings. The van der Waals surface area contributed by atoms with Gasteiger partial charge < -0.3 is 10.1 Å². The van der Waals surface area contributed by atoms with Crippen molar-refractivity contribution in [2.75, 3.05) is 25.0 Å². The van der Waals surface area contributed by atoms with E-state index in [2.05, 4.69) is 47.3 Å². The number of nitrogens with zero attached hydrogens (tertiary/aromatic N) is 1. The summed E-state index contributed by atoms with van der Waals surface area (Å²) < 4.78 is 33.7. The summed E-state index contributed by atoms with van der Waals surface area (Å²) in [6, 6.07) is 11.4. The second kappa shape index (κ2) is 11.6. The van der Waals surface area contributed by atoms with Crippen molar-refractivity contribution in [1.29, 1.82) is 0 Å². The van der Waals surface area contributed by atoms with Gasteiger partial charge in [0.25, 0.3) is 5.91 Å². The molecule has 7 nitrogen and oxygen atoms in total. The van der Waals surface area contributed by atoms with Crippen LogP contribution in [0.25, 0.3) is 0 Å². The highest BCUT2D eigenvalue weighted by Crippen LogP contribution is 2.27. The smallest absolute Gasteiger partial charge is 0.257 e. The van der Waals surface area contributed by atoms with E-state index in [1.165, 1.54) is 4.31 Å². The molecule has 0 aromatic heterocycles. The van der Waals surface area contributed by atoms with Crippen LogP contribution in [0, 0.1) is 11.8 Å². The number of hydrogen-bond donors (Lipinski definition) is 2. The fourth-order valence-corrected chi connectivity index (χ4v) is 5.61. The monoisotopic (exact) mass is 567 g/mol. The zero-order valence-corrected chi connectivity index (χ0v) is 22.7. The summed E-state index contributed by atoms with van der Waals surface area (Å²) in [5.74, 6) is 1.24. The summed E-state index contributed by atoms with van der Waals surface area (Å²) in [6.07, 6.45) is 1.74. The van der Waals surface area contributed by atoms with Crippen molar-refractivity contribution < 1.29 is 17.9 Å². The lowest BCUT2D eigenvalue weighted by molar-refractivity contribution is 0.0977. The number of hydrogen-bond acceptors (Lipinski definition) is 5. The molecule has 1 heterocycles. The molecule has 10 heteroatoms. The zero-order valence-electron chi connectivity index (χ0n) is 19.5. The lowest BCUT2D eigenvalue weighted by Gasteiger charge is -2.29. The predicted molar refractivity (Wildman–Crippen MR) is 142 cm³/mol. The number of benzene rings is 2. The van der Waals surface area contributed by atoms with Crippen molar-refractivity contribution >= 4 is 54.9 Å². The molecule has 1 saturated heterocycles. The van der Waals surface area contributed by atoms with Gasteiger partial charge in [0.05, 0.1) is 16.0 Å². The standard InChI is InChI=1S/C24H30BrN3O4S2/c1-16(2)15-32-22-9-4-18(14-21(22)25)23(29)27-24(33)26-19-5-7-20(8-6-19)34(30,31)28-12-10-17(3)11-13-28/h4-9,14,16-17H,10-13,15H2,1-3H3,(H2,26,27,29,33). The van der Waals surface area contributed by atoms with Crippen molar-refractivity contribution in [2.45, 2.75) is 38.5 Å². The topological polar surface area (TPSA) is 87.7 Å². The van der Waals surface area contributed by atoms with Crippen molar-refractivity contribution in [1.82, 2.24) is 9.62 Å². The van der Waals surface area contributed by atoms with Crippen LogP contribution < -0.4 is 15.4 Å². The average Bonchev–Trinajstić information content (AvgIpc) is 2.78. The fraction of sp³-hybridized carbons (Fsp3) is 0.417. The maximum atomic E-state index is 12.9. The van der Waals surface area contributed by atoms with Gasteiger partial charge in [0.15, 0.2) is 5.11 Å². The number of carbonyl (C=O) groups is 1. The maximum Gasteiger partial charge on any atom is 0.257 e. The van der Waals surface area contributed by atoms with Crippen molar-refractivity contribution in [3.05, 3.63) is 52.5 Å². The highest BCUT2D eigenvalue weighted by atomic mass is 79.9. The number of anilines is 1. The number of sulfonamides is 1. The molecule has 184 valence electrons. The molecule has 0 bridgehead atoms. The third-order valence-corrected chi connectivity index (χ3v) is 8.22. The number of piperidine rings is 1. The number of amides is 1. The van der Waals surface area contributed by atoms with E-state index >= 15 is 0 Å². The molecule has 0 aliphatic carbocycles. The molecule has 0 saturated carbocycles. The van der Waals surface area contributed by atoms with E-state index in [9.17, 15) is 13.2 Å². The van der Waals surface area contributed by atoms with Gasteiger partial charge in [-0.25, -0.2) is 8.42 Å². The Morgan fingerprint density at radius 1 is 1.18 bits per heavy atom. The van der Waals surface area contributed by atoms with Gasteiger partial charge in [-0.05, 0) is 95.3 Å². The molecule has 2 aromatic carbocycles. The summed E-state index contributed by atoms with van der Waals surface area (Å²) >= 11 is 8.69. The van der Waals surface area contributed by atoms with Gasteiger partial charge in [0, 0.05) is 24.3 Å². The molecular formula is C24H30BrN3O4S2. The van der Waals surface area contributed by atoms with Crippen LogP contribution in [0.5, 0.6) is 5.75 Å². The minimum Gasteiger partial charge on any atom is -0.492 e. The van der Waals surface area contributed by atoms with Gasteiger partial charge >= 0.3 is 0 Å². The Labute approximate surface area is 215 Å². The van der Waals surface area contributed by atoms with Crippen LogP contribution in [0.3, 0.4) is 0 Å². The Hall–Kier alpha value is -2.01. The Kier molecular flexibility index (Phi) is 9.08. The van der Waals surface area contributed by atoms with Gasteiger partial charge in [-0.1, -0.05) is 20.8 Å². The van der Waals surface area contributed by atoms with Gasteiger partial charge in [-0.15, -0.1) is 0 Å². The van der Waals surface area contributed by atoms with E-state index in [4.69, 9.17) is 17.0 Å². The number of halogens is 1. The number of nitrogens with one attached hydrogen (secondary N) is 2. The summed E-state index contributed by atoms with van der Waals surface area (Å²) in [5.41, 5.74) is 1.00. The molecule has 0 radical (unpaired) electrons. The molecule has 0 unspecified atom stereocenters. The molecule has 1 aliphatic rings. The minimum atomic E-state index is -3.51. The number of carbonyl (C=O) groups excluding carboxylic acids is 1. The third kappa shape index (κ3) is 7.00. The third-order valence-electron chi connectivity index (χ3n) is 5.49. The van der Waals surface area contributed by atoms with Crippen LogP contribution in [0.4, 0.5) is 5.69 Å². The Morgan fingerprint density at radius 2 is 1.82 bits per heavy atom. The molecule has 0 atom stereocenters. The average molecular weight is 569 g/mol. The largest absolute Gasteiger partial charge is 0.492 e. The summed E-state index contributed by atoms with van der Waals surface area (Å²) in [5, 5.41) is 5.67. The molecule has 2 N–H and O–H groups in total. The van der Waals surface area contributed by atoms with Crippen LogP contribution in [-0.2, 0) is 10.0 Å². The molecular weight excluding hydrogens is 538 g/mol. The first kappa shape index (κ1) is 26.6. The van der Waals surface area contributed by atoms with Gasteiger partial charge in [-0.3, -0.25) is 10.1 Å². The second-order valence-corrected chi connectivity index (χ2v) is 12.1. The normalized spacial score (nSPS) is 15.2. The molecule has 1 aliphatic heterocycles. The highest BCUT2D eigenvalue weighted by molar-refractivity contribution is 9.10. The second-order valence-electron chi connectivity index (χ2n) is 8.87. The van der Waals surface area contributed by atoms with Gasteiger partial charge in [-0.2, -0.15) is 4.31 Å². The van der Waals surface area contributed by atoms with E-state index in [1.54, 1.807) is 42.5 Å². The molecule has 0 spiro atoms. The SMILES string of the molecule is CC(C)COc1ccc(C(=O)NC(=S)Nc2ccc(S(=O)(=O)N3CCC(C)CC3)cc2)cc1Br. The first-order valence-corrected chi connectivity index (χ1v) is 13.9. The van der Waals surface area contributed by atoms with Gasteiger partial charge in [0.2, 0.25) is 10.0 Å². The van der Waals surface area contributed by atoms with E-state index in [0.717, 1.165) is 12.8 Å². The van der Waals surface area contributed by atoms with Crippen LogP contribution in [-0.4, -0.2) is 43.4 Å². The van der Waals surface area contributed by atoms with Crippen molar-refractivity contribution in [3.63, 3.8) is 0 Å². The first-order valence-electron chi connectivity index (χ1n) is 11.2. The highest BCUT2D eigenvalue weighted by Gasteiger charge is 2.27. The molecule has 3 rings (SSSR count). The van der Waals surface area contributed by atoms with Crippen LogP contribution in [0.15, 0.2) is 51.8 Å². The summed E-state index contributed by atoms with van der Waals surface area (Å²) in [7, 11) is -3.51. The molecule has 2 aromatic rings. The number of rotatable bonds is 7. The number of thiocarbonyl (C=S) groups is 1.